The molecule has 5 heterocycles. The van der Waals surface area contributed by atoms with Crippen LogP contribution in [0.5, 0.6) is 28.7 Å². The van der Waals surface area contributed by atoms with E-state index >= 15 is 0 Å². The van der Waals surface area contributed by atoms with E-state index in [2.05, 4.69) is 17.1 Å². The highest BCUT2D eigenvalue weighted by Gasteiger charge is 2.61. The van der Waals surface area contributed by atoms with Crippen molar-refractivity contribution in [3.05, 3.63) is 39.4 Å². The Morgan fingerprint density at radius 2 is 1.77 bits per heavy atom. The molecule has 2 amide bonds. The summed E-state index contributed by atoms with van der Waals surface area (Å²) in [7, 11) is 1.50. The highest BCUT2D eigenvalue weighted by atomic mass is 32.2. The van der Waals surface area contributed by atoms with Crippen molar-refractivity contribution in [3.63, 3.8) is 0 Å². The number of thioether (sulfide) groups is 1. The number of piperazine rings is 1. The van der Waals surface area contributed by atoms with E-state index < -0.39 is 41.4 Å². The summed E-state index contributed by atoms with van der Waals surface area (Å²) in [5.41, 5.74) is 4.24. The molecule has 7 atom stereocenters. The molecule has 5 aliphatic heterocycles. The zero-order valence-electron chi connectivity index (χ0n) is 27.9. The summed E-state index contributed by atoms with van der Waals surface area (Å²) in [6, 6.07) is -1.29. The summed E-state index contributed by atoms with van der Waals surface area (Å²) in [6.07, 6.45) is 0.486. The number of hydrogen-bond acceptors (Lipinski definition) is 12. The van der Waals surface area contributed by atoms with Crippen LogP contribution in [0.4, 0.5) is 0 Å². The molecule has 4 unspecified atom stereocenters. The van der Waals surface area contributed by atoms with Gasteiger partial charge in [-0.15, -0.1) is 11.8 Å². The topological polar surface area (TPSA) is 153 Å². The first-order valence-electron chi connectivity index (χ1n) is 16.0. The first-order valence-corrected chi connectivity index (χ1v) is 17.1. The average Bonchev–Trinajstić information content (AvgIpc) is 3.51. The third-order valence-electron chi connectivity index (χ3n) is 10.3. The Kier molecular flexibility index (Phi) is 7.93. The van der Waals surface area contributed by atoms with E-state index in [9.17, 15) is 24.3 Å². The van der Waals surface area contributed by atoms with Gasteiger partial charge in [-0.3, -0.25) is 19.3 Å². The molecule has 14 heteroatoms. The van der Waals surface area contributed by atoms with Gasteiger partial charge in [0.05, 0.1) is 36.5 Å². The molecule has 2 N–H and O–H groups in total. The third kappa shape index (κ3) is 4.70. The molecule has 4 bridgehead atoms. The Labute approximate surface area is 282 Å². The molecule has 5 aliphatic rings. The van der Waals surface area contributed by atoms with E-state index in [4.69, 9.17) is 23.7 Å². The standard InChI is InChI=1S/C34H39N3O10S/c1-13-8-19-9-21-15(3)36-22-10-44-34(42)20(35-16(4)38)11-48-33(27(36)26(37(21)17(5)39)23(19)28(41)29(13)43-7)25-24(22)32-31(45-12-46-32)14(2)30(25)47-18(6)40/h8,15,20-22,26-27,33,41H,9-12H2,1-7H3,(H,35,38)/t15-,20?,21?,22-,26?,27?,33+/m0/s1. The van der Waals surface area contributed by atoms with Gasteiger partial charge in [0.15, 0.2) is 23.0 Å². The van der Waals surface area contributed by atoms with Crippen LogP contribution in [0.25, 0.3) is 0 Å². The lowest BCUT2D eigenvalue weighted by Gasteiger charge is -2.63. The summed E-state index contributed by atoms with van der Waals surface area (Å²) in [5, 5.41) is 14.1. The monoisotopic (exact) mass is 681 g/mol. The molecule has 256 valence electrons. The van der Waals surface area contributed by atoms with Crippen LogP contribution in [0.1, 0.15) is 78.4 Å². The van der Waals surface area contributed by atoms with Crippen LogP contribution in [0.15, 0.2) is 6.07 Å². The maximum Gasteiger partial charge on any atom is 0.329 e. The van der Waals surface area contributed by atoms with Gasteiger partial charge in [-0.2, -0.15) is 0 Å². The molecule has 7 rings (SSSR count). The largest absolute Gasteiger partial charge is 0.504 e. The number of esters is 2. The number of ether oxygens (including phenoxy) is 5. The quantitative estimate of drug-likeness (QED) is 0.362. The van der Waals surface area contributed by atoms with Crippen molar-refractivity contribution in [2.75, 3.05) is 26.3 Å². The molecule has 2 fully saturated rings. The van der Waals surface area contributed by atoms with Crippen molar-refractivity contribution in [1.82, 2.24) is 15.1 Å². The van der Waals surface area contributed by atoms with Gasteiger partial charge in [-0.25, -0.2) is 4.79 Å². The van der Waals surface area contributed by atoms with Gasteiger partial charge in [0, 0.05) is 54.8 Å². The fraction of sp³-hybridized carbons (Fsp3) is 0.529. The molecular formula is C34H39N3O10S. The van der Waals surface area contributed by atoms with E-state index in [1.54, 1.807) is 6.92 Å². The molecule has 48 heavy (non-hydrogen) atoms. The lowest BCUT2D eigenvalue weighted by Crippen LogP contribution is -2.70. The van der Waals surface area contributed by atoms with Gasteiger partial charge in [0.1, 0.15) is 18.4 Å². The van der Waals surface area contributed by atoms with Crippen molar-refractivity contribution in [2.45, 2.75) is 89.5 Å². The molecular weight excluding hydrogens is 642 g/mol. The van der Waals surface area contributed by atoms with Crippen LogP contribution in [0.3, 0.4) is 0 Å². The normalized spacial score (nSPS) is 28.4. The van der Waals surface area contributed by atoms with Gasteiger partial charge in [0.25, 0.3) is 0 Å². The van der Waals surface area contributed by atoms with Gasteiger partial charge < -0.3 is 39.0 Å². The Hall–Kier alpha value is -4.17. The molecule has 0 radical (unpaired) electrons. The summed E-state index contributed by atoms with van der Waals surface area (Å²) in [6.45, 7) is 9.81. The summed E-state index contributed by atoms with van der Waals surface area (Å²) in [5.74, 6) is 0.0598. The Morgan fingerprint density at radius 3 is 2.44 bits per heavy atom. The van der Waals surface area contributed by atoms with Crippen molar-refractivity contribution in [2.24, 2.45) is 0 Å². The first kappa shape index (κ1) is 32.4. The molecule has 2 aromatic carbocycles. The molecule has 0 saturated carbocycles. The van der Waals surface area contributed by atoms with E-state index in [1.165, 1.54) is 39.6 Å². The minimum Gasteiger partial charge on any atom is -0.504 e. The smallest absolute Gasteiger partial charge is 0.329 e. The van der Waals surface area contributed by atoms with E-state index in [0.29, 0.717) is 51.7 Å². The number of nitrogens with one attached hydrogen (secondary N) is 1. The number of phenolic OH excluding ortho intramolecular Hbond substituents is 1. The Morgan fingerprint density at radius 1 is 1.04 bits per heavy atom. The second kappa shape index (κ2) is 11.8. The van der Waals surface area contributed by atoms with Crippen LogP contribution in [0, 0.1) is 13.8 Å². The number of aromatic hydroxyl groups is 1. The Balaban J connectivity index is 1.55. The zero-order chi connectivity index (χ0) is 34.3. The molecule has 0 aromatic heterocycles. The maximum atomic E-state index is 13.7. The first-order chi connectivity index (χ1) is 22.8. The van der Waals surface area contributed by atoms with Crippen molar-refractivity contribution >= 4 is 35.5 Å². The molecule has 0 spiro atoms. The lowest BCUT2D eigenvalue weighted by atomic mass is 9.71. The fourth-order valence-electron chi connectivity index (χ4n) is 8.65. The minimum absolute atomic E-state index is 0.0282. The van der Waals surface area contributed by atoms with Gasteiger partial charge in [-0.05, 0) is 38.3 Å². The molecule has 0 aliphatic carbocycles. The van der Waals surface area contributed by atoms with E-state index in [1.807, 2.05) is 17.9 Å². The lowest BCUT2D eigenvalue weighted by molar-refractivity contribution is -0.160. The minimum atomic E-state index is -0.955. The average molecular weight is 682 g/mol. The fourth-order valence-corrected chi connectivity index (χ4v) is 10.2. The van der Waals surface area contributed by atoms with Crippen LogP contribution in [-0.4, -0.2) is 89.1 Å². The van der Waals surface area contributed by atoms with Crippen molar-refractivity contribution < 1.29 is 48.0 Å². The number of rotatable bonds is 3. The van der Waals surface area contributed by atoms with Crippen molar-refractivity contribution in [1.29, 1.82) is 0 Å². The third-order valence-corrected chi connectivity index (χ3v) is 11.7. The number of benzene rings is 2. The summed E-state index contributed by atoms with van der Waals surface area (Å²) >= 11 is 1.39. The number of cyclic esters (lactones) is 1. The van der Waals surface area contributed by atoms with Gasteiger partial charge >= 0.3 is 11.9 Å². The van der Waals surface area contributed by atoms with Crippen LogP contribution >= 0.6 is 11.8 Å². The number of nitrogens with zero attached hydrogens (tertiary/aromatic N) is 2. The molecule has 2 aromatic rings. The highest BCUT2D eigenvalue weighted by Crippen LogP contribution is 2.64. The van der Waals surface area contributed by atoms with E-state index in [0.717, 1.165) is 11.1 Å². The van der Waals surface area contributed by atoms with Crippen LogP contribution < -0.4 is 24.3 Å². The predicted octanol–water partition coefficient (Wildman–Crippen LogP) is 3.15. The Bertz CT molecular complexity index is 1760. The number of methoxy groups -OCH3 is 1. The number of carbonyl (C=O) groups is 4. The number of amides is 2. The maximum absolute atomic E-state index is 13.7. The zero-order valence-corrected chi connectivity index (χ0v) is 28.7. The number of fused-ring (bicyclic) bond motifs is 9. The van der Waals surface area contributed by atoms with Crippen LogP contribution in [-0.2, 0) is 30.3 Å². The number of phenols is 1. The summed E-state index contributed by atoms with van der Waals surface area (Å²) < 4.78 is 29.7. The summed E-state index contributed by atoms with van der Waals surface area (Å²) in [4.78, 5) is 56.2. The van der Waals surface area contributed by atoms with Crippen molar-refractivity contribution in [3.8, 4) is 28.7 Å². The predicted molar refractivity (Wildman–Crippen MR) is 172 cm³/mol. The highest BCUT2D eigenvalue weighted by molar-refractivity contribution is 7.99. The second-order valence-electron chi connectivity index (χ2n) is 13.1. The van der Waals surface area contributed by atoms with Crippen LogP contribution in [0.2, 0.25) is 0 Å². The van der Waals surface area contributed by atoms with Gasteiger partial charge in [0.2, 0.25) is 18.6 Å². The number of aryl methyl sites for hydroxylation is 1. The SMILES string of the molecule is COc1c(C)cc2c(c1O)C1C3[C@@H]4SCC(NC(C)=O)C(=O)OC[C@@H](c5c6c(c(C)c(OC(C)=O)c54)OCO6)N3[C@@H](C)C(C2)N1C(C)=O. The second-order valence-corrected chi connectivity index (χ2v) is 14.2. The van der Waals surface area contributed by atoms with Gasteiger partial charge in [-0.1, -0.05) is 6.07 Å². The number of carbonyl (C=O) groups excluding carboxylic acids is 4. The van der Waals surface area contributed by atoms with E-state index in [-0.39, 0.29) is 48.8 Å². The molecule has 13 nitrogen and oxygen atoms in total. The number of hydrogen-bond donors (Lipinski definition) is 2. The molecule has 2 saturated heterocycles.